The molecule has 0 aliphatic carbocycles. The summed E-state index contributed by atoms with van der Waals surface area (Å²) in [5, 5.41) is 9.02. The summed E-state index contributed by atoms with van der Waals surface area (Å²) in [4.78, 5) is 0. The third kappa shape index (κ3) is 2.72. The van der Waals surface area contributed by atoms with Crippen molar-refractivity contribution in [1.29, 1.82) is 0 Å². The molecule has 72 valence electrons. The summed E-state index contributed by atoms with van der Waals surface area (Å²) in [5.41, 5.74) is 1.89. The molecule has 13 heavy (non-hydrogen) atoms. The summed E-state index contributed by atoms with van der Waals surface area (Å²) >= 11 is 0. The lowest BCUT2D eigenvalue weighted by molar-refractivity contribution is 0.0495. The molecule has 0 bridgehead atoms. The molecule has 0 saturated heterocycles. The third-order valence-electron chi connectivity index (χ3n) is 1.72. The Bertz CT molecular complexity index is 271. The van der Waals surface area contributed by atoms with Crippen molar-refractivity contribution >= 4 is 0 Å². The van der Waals surface area contributed by atoms with Gasteiger partial charge in [-0.2, -0.15) is 0 Å². The second-order valence-electron chi connectivity index (χ2n) is 2.82. The molecule has 1 aromatic carbocycles. The highest BCUT2D eigenvalue weighted by Crippen LogP contribution is 2.19. The molecule has 0 atom stereocenters. The maximum Gasteiger partial charge on any atom is 0.188 e. The van der Waals surface area contributed by atoms with Gasteiger partial charge >= 0.3 is 0 Å². The van der Waals surface area contributed by atoms with Gasteiger partial charge in [-0.15, -0.1) is 0 Å². The number of aliphatic hydroxyl groups excluding tert-OH is 1. The van der Waals surface area contributed by atoms with Crippen LogP contribution in [0.3, 0.4) is 0 Å². The number of hydrogen-bond donors (Lipinski definition) is 1. The lowest BCUT2D eigenvalue weighted by atomic mass is 10.1. The molecular weight excluding hydrogens is 168 g/mol. The molecule has 1 rings (SSSR count). The van der Waals surface area contributed by atoms with Gasteiger partial charge in [0.1, 0.15) is 5.75 Å². The quantitative estimate of drug-likeness (QED) is 0.716. The van der Waals surface area contributed by atoms with Gasteiger partial charge < -0.3 is 14.6 Å². The van der Waals surface area contributed by atoms with E-state index in [1.54, 1.807) is 7.11 Å². The first-order valence-electron chi connectivity index (χ1n) is 4.10. The zero-order valence-corrected chi connectivity index (χ0v) is 7.91. The van der Waals surface area contributed by atoms with Crippen molar-refractivity contribution in [2.45, 2.75) is 13.5 Å². The summed E-state index contributed by atoms with van der Waals surface area (Å²) in [6.45, 7) is 2.16. The number of rotatable bonds is 4. The van der Waals surface area contributed by atoms with Gasteiger partial charge in [0.15, 0.2) is 6.79 Å². The van der Waals surface area contributed by atoms with E-state index in [1.807, 2.05) is 25.1 Å². The number of ether oxygens (including phenoxy) is 2. The van der Waals surface area contributed by atoms with Gasteiger partial charge in [0.2, 0.25) is 0 Å². The van der Waals surface area contributed by atoms with E-state index in [4.69, 9.17) is 14.6 Å². The Labute approximate surface area is 77.9 Å². The molecule has 0 heterocycles. The van der Waals surface area contributed by atoms with E-state index in [0.717, 1.165) is 11.1 Å². The summed E-state index contributed by atoms with van der Waals surface area (Å²) in [6, 6.07) is 5.66. The maximum absolute atomic E-state index is 9.02. The van der Waals surface area contributed by atoms with Crippen LogP contribution in [0.5, 0.6) is 5.75 Å². The van der Waals surface area contributed by atoms with E-state index < -0.39 is 0 Å². The van der Waals surface area contributed by atoms with Crippen LogP contribution in [0.2, 0.25) is 0 Å². The number of hydrogen-bond acceptors (Lipinski definition) is 3. The first-order valence-corrected chi connectivity index (χ1v) is 4.10. The minimum atomic E-state index is -0.0132. The SMILES string of the molecule is COCOc1ccc(C)cc1CO. The average Bonchev–Trinajstić information content (AvgIpc) is 2.16. The second kappa shape index (κ2) is 4.84. The minimum Gasteiger partial charge on any atom is -0.467 e. The van der Waals surface area contributed by atoms with Crippen molar-refractivity contribution < 1.29 is 14.6 Å². The Morgan fingerprint density at radius 2 is 2.15 bits per heavy atom. The van der Waals surface area contributed by atoms with Crippen LogP contribution >= 0.6 is 0 Å². The highest BCUT2D eigenvalue weighted by Gasteiger charge is 2.01. The molecule has 0 radical (unpaired) electrons. The molecule has 1 aromatic rings. The summed E-state index contributed by atoms with van der Waals surface area (Å²) < 4.78 is 10.0. The number of aliphatic hydroxyl groups is 1. The van der Waals surface area contributed by atoms with Gasteiger partial charge in [-0.25, -0.2) is 0 Å². The van der Waals surface area contributed by atoms with E-state index in [2.05, 4.69) is 0 Å². The van der Waals surface area contributed by atoms with Crippen LogP contribution in [-0.4, -0.2) is 19.0 Å². The summed E-state index contributed by atoms with van der Waals surface area (Å²) in [5.74, 6) is 0.676. The van der Waals surface area contributed by atoms with E-state index in [9.17, 15) is 0 Å². The monoisotopic (exact) mass is 182 g/mol. The maximum atomic E-state index is 9.02. The van der Waals surface area contributed by atoms with Gasteiger partial charge in [0.25, 0.3) is 0 Å². The predicted octanol–water partition coefficient (Wildman–Crippen LogP) is 1.47. The molecule has 0 saturated carbocycles. The largest absolute Gasteiger partial charge is 0.467 e. The van der Waals surface area contributed by atoms with Crippen LogP contribution in [0.25, 0.3) is 0 Å². The summed E-state index contributed by atoms with van der Waals surface area (Å²) in [7, 11) is 1.56. The van der Waals surface area contributed by atoms with Crippen molar-refractivity contribution in [3.8, 4) is 5.75 Å². The highest BCUT2D eigenvalue weighted by atomic mass is 16.7. The Kier molecular flexibility index (Phi) is 3.73. The predicted molar refractivity (Wildman–Crippen MR) is 49.6 cm³/mol. The second-order valence-corrected chi connectivity index (χ2v) is 2.82. The van der Waals surface area contributed by atoms with Crippen LogP contribution in [0, 0.1) is 6.92 Å². The van der Waals surface area contributed by atoms with Crippen LogP contribution < -0.4 is 4.74 Å². The molecule has 0 unspecified atom stereocenters. The zero-order valence-electron chi connectivity index (χ0n) is 7.91. The molecule has 0 fully saturated rings. The van der Waals surface area contributed by atoms with Crippen molar-refractivity contribution in [1.82, 2.24) is 0 Å². The van der Waals surface area contributed by atoms with E-state index in [-0.39, 0.29) is 13.4 Å². The molecule has 0 aliphatic rings. The Morgan fingerprint density at radius 3 is 2.77 bits per heavy atom. The average molecular weight is 182 g/mol. The number of aryl methyl sites for hydroxylation is 1. The zero-order chi connectivity index (χ0) is 9.68. The van der Waals surface area contributed by atoms with Gasteiger partial charge in [-0.1, -0.05) is 17.7 Å². The Hall–Kier alpha value is -1.06. The van der Waals surface area contributed by atoms with Gasteiger partial charge in [0.05, 0.1) is 6.61 Å². The Balaban J connectivity index is 2.79. The molecule has 0 aromatic heterocycles. The van der Waals surface area contributed by atoms with Crippen molar-refractivity contribution in [2.75, 3.05) is 13.9 Å². The number of benzene rings is 1. The van der Waals surface area contributed by atoms with Crippen LogP contribution in [0.1, 0.15) is 11.1 Å². The van der Waals surface area contributed by atoms with Crippen molar-refractivity contribution in [2.24, 2.45) is 0 Å². The topological polar surface area (TPSA) is 38.7 Å². The fourth-order valence-corrected chi connectivity index (χ4v) is 1.10. The highest BCUT2D eigenvalue weighted by molar-refractivity contribution is 5.36. The van der Waals surface area contributed by atoms with E-state index >= 15 is 0 Å². The minimum absolute atomic E-state index is 0.0132. The smallest absolute Gasteiger partial charge is 0.188 e. The van der Waals surface area contributed by atoms with Gasteiger partial charge in [0, 0.05) is 12.7 Å². The first-order chi connectivity index (χ1) is 6.27. The fraction of sp³-hybridized carbons (Fsp3) is 0.400. The Morgan fingerprint density at radius 1 is 1.38 bits per heavy atom. The molecule has 1 N–H and O–H groups in total. The lowest BCUT2D eigenvalue weighted by Gasteiger charge is -2.09. The van der Waals surface area contributed by atoms with Crippen LogP contribution in [0.15, 0.2) is 18.2 Å². The van der Waals surface area contributed by atoms with Crippen LogP contribution in [0.4, 0.5) is 0 Å². The van der Waals surface area contributed by atoms with E-state index in [0.29, 0.717) is 5.75 Å². The number of methoxy groups -OCH3 is 1. The van der Waals surface area contributed by atoms with Crippen LogP contribution in [-0.2, 0) is 11.3 Å². The molecule has 0 aliphatic heterocycles. The normalized spacial score (nSPS) is 10.1. The standard InChI is InChI=1S/C10H14O3/c1-8-3-4-10(13-7-12-2)9(5-8)6-11/h3-5,11H,6-7H2,1-2H3. The molecule has 3 heteroatoms. The van der Waals surface area contributed by atoms with Gasteiger partial charge in [-0.05, 0) is 13.0 Å². The lowest BCUT2D eigenvalue weighted by Crippen LogP contribution is -2.01. The first kappa shape index (κ1) is 10.0. The fourth-order valence-electron chi connectivity index (χ4n) is 1.10. The van der Waals surface area contributed by atoms with E-state index in [1.165, 1.54) is 0 Å². The molecule has 3 nitrogen and oxygen atoms in total. The third-order valence-corrected chi connectivity index (χ3v) is 1.72. The molecular formula is C10H14O3. The van der Waals surface area contributed by atoms with Gasteiger partial charge in [-0.3, -0.25) is 0 Å². The molecule has 0 amide bonds. The molecule has 0 spiro atoms. The van der Waals surface area contributed by atoms with Crippen molar-refractivity contribution in [3.05, 3.63) is 29.3 Å². The van der Waals surface area contributed by atoms with Crippen molar-refractivity contribution in [3.63, 3.8) is 0 Å². The summed E-state index contributed by atoms with van der Waals surface area (Å²) in [6.07, 6.45) is 0.